The molecular weight excluding hydrogens is 273 g/mol. The van der Waals surface area contributed by atoms with Crippen LogP contribution in [0.3, 0.4) is 0 Å². The number of thioether (sulfide) groups is 1. The predicted molar refractivity (Wildman–Crippen MR) is 82.3 cm³/mol. The highest BCUT2D eigenvalue weighted by Gasteiger charge is 2.30. The fraction of sp³-hybridized carbons (Fsp3) is 0.562. The molecule has 1 aromatic rings. The maximum absolute atomic E-state index is 13.0. The van der Waals surface area contributed by atoms with Gasteiger partial charge >= 0.3 is 0 Å². The molecule has 1 fully saturated rings. The van der Waals surface area contributed by atoms with Crippen molar-refractivity contribution in [3.05, 3.63) is 35.6 Å². The van der Waals surface area contributed by atoms with Gasteiger partial charge in [-0.1, -0.05) is 32.9 Å². The molecule has 2 rings (SSSR count). The van der Waals surface area contributed by atoms with E-state index in [-0.39, 0.29) is 22.5 Å². The molecule has 1 amide bonds. The third-order valence-electron chi connectivity index (χ3n) is 3.46. The maximum Gasteiger partial charge on any atom is 0.233 e. The fourth-order valence-corrected chi connectivity index (χ4v) is 3.18. The molecule has 1 aliphatic rings. The summed E-state index contributed by atoms with van der Waals surface area (Å²) in [6, 6.07) is 6.65. The Bertz CT molecular complexity index is 466. The Kier molecular flexibility index (Phi) is 4.74. The van der Waals surface area contributed by atoms with Crippen molar-refractivity contribution in [2.24, 2.45) is 0 Å². The van der Waals surface area contributed by atoms with Crippen LogP contribution in [0, 0.1) is 5.82 Å². The van der Waals surface area contributed by atoms with Crippen molar-refractivity contribution >= 4 is 17.7 Å². The predicted octanol–water partition coefficient (Wildman–Crippen LogP) is 4.02. The topological polar surface area (TPSA) is 20.3 Å². The minimum absolute atomic E-state index is 0.0980. The molecule has 1 saturated heterocycles. The molecule has 2 nitrogen and oxygen atoms in total. The molecule has 1 aliphatic heterocycles. The van der Waals surface area contributed by atoms with Crippen LogP contribution in [0.15, 0.2) is 24.3 Å². The van der Waals surface area contributed by atoms with E-state index in [2.05, 4.69) is 20.8 Å². The summed E-state index contributed by atoms with van der Waals surface area (Å²) in [6.45, 7) is 7.16. The number of hydrogen-bond donors (Lipinski definition) is 0. The number of hydrogen-bond acceptors (Lipinski definition) is 2. The summed E-state index contributed by atoms with van der Waals surface area (Å²) in [7, 11) is 0. The first-order chi connectivity index (χ1) is 9.37. The second kappa shape index (κ2) is 6.17. The molecule has 0 aliphatic carbocycles. The first-order valence-electron chi connectivity index (χ1n) is 7.06. The van der Waals surface area contributed by atoms with E-state index in [0.717, 1.165) is 24.9 Å². The van der Waals surface area contributed by atoms with Crippen molar-refractivity contribution < 1.29 is 9.18 Å². The Balaban J connectivity index is 2.03. The van der Waals surface area contributed by atoms with Crippen LogP contribution in [0.2, 0.25) is 0 Å². The van der Waals surface area contributed by atoms with Gasteiger partial charge in [-0.2, -0.15) is 0 Å². The molecule has 0 saturated carbocycles. The van der Waals surface area contributed by atoms with Crippen LogP contribution in [-0.2, 0) is 4.79 Å². The van der Waals surface area contributed by atoms with Gasteiger partial charge in [0, 0.05) is 11.3 Å². The average molecular weight is 295 g/mol. The van der Waals surface area contributed by atoms with Gasteiger partial charge in [-0.05, 0) is 30.5 Å². The van der Waals surface area contributed by atoms with Crippen LogP contribution in [0.1, 0.15) is 45.2 Å². The molecule has 1 heterocycles. The third kappa shape index (κ3) is 3.98. The molecule has 0 N–H and O–H groups in total. The summed E-state index contributed by atoms with van der Waals surface area (Å²) in [5.41, 5.74) is 1.04. The summed E-state index contributed by atoms with van der Waals surface area (Å²) in [5.74, 6) is 0.478. The summed E-state index contributed by atoms with van der Waals surface area (Å²) in [4.78, 5) is 14.3. The number of likely N-dealkylation sites (tertiary alicyclic amines) is 1. The van der Waals surface area contributed by atoms with Gasteiger partial charge in [0.1, 0.15) is 5.82 Å². The highest BCUT2D eigenvalue weighted by molar-refractivity contribution is 8.01. The molecule has 4 heteroatoms. The van der Waals surface area contributed by atoms with Crippen LogP contribution >= 0.6 is 11.8 Å². The van der Waals surface area contributed by atoms with E-state index >= 15 is 0 Å². The smallest absolute Gasteiger partial charge is 0.233 e. The fourth-order valence-electron chi connectivity index (χ4n) is 2.46. The van der Waals surface area contributed by atoms with Crippen LogP contribution in [-0.4, -0.2) is 27.9 Å². The Labute approximate surface area is 124 Å². The van der Waals surface area contributed by atoms with E-state index in [9.17, 15) is 9.18 Å². The first kappa shape index (κ1) is 15.4. The SMILES string of the molecule is CC(C)(C)SCC(=O)N1CCCC1c1ccc(F)cc1. The number of nitrogens with zero attached hydrogens (tertiary/aromatic N) is 1. The summed E-state index contributed by atoms with van der Waals surface area (Å²) >= 11 is 1.68. The minimum Gasteiger partial charge on any atom is -0.335 e. The molecule has 1 atom stereocenters. The van der Waals surface area contributed by atoms with E-state index in [0.29, 0.717) is 5.75 Å². The molecule has 20 heavy (non-hydrogen) atoms. The second-order valence-corrected chi connectivity index (χ2v) is 8.00. The molecule has 0 radical (unpaired) electrons. The number of carbonyl (C=O) groups is 1. The van der Waals surface area contributed by atoms with Gasteiger partial charge in [-0.15, -0.1) is 11.8 Å². The second-order valence-electron chi connectivity index (χ2n) is 6.20. The Hall–Kier alpha value is -1.03. The lowest BCUT2D eigenvalue weighted by molar-refractivity contribution is -0.129. The van der Waals surface area contributed by atoms with E-state index in [1.165, 1.54) is 12.1 Å². The van der Waals surface area contributed by atoms with Gasteiger partial charge < -0.3 is 4.90 Å². The van der Waals surface area contributed by atoms with Gasteiger partial charge in [-0.3, -0.25) is 4.79 Å². The lowest BCUT2D eigenvalue weighted by Gasteiger charge is -2.26. The van der Waals surface area contributed by atoms with Crippen molar-refractivity contribution in [1.82, 2.24) is 4.90 Å². The first-order valence-corrected chi connectivity index (χ1v) is 8.04. The number of rotatable bonds is 3. The van der Waals surface area contributed by atoms with Crippen LogP contribution in [0.25, 0.3) is 0 Å². The quantitative estimate of drug-likeness (QED) is 0.839. The zero-order chi connectivity index (χ0) is 14.8. The Morgan fingerprint density at radius 3 is 2.60 bits per heavy atom. The third-order valence-corrected chi connectivity index (χ3v) is 4.71. The molecule has 110 valence electrons. The normalized spacial score (nSPS) is 19.4. The van der Waals surface area contributed by atoms with Gasteiger partial charge in [0.2, 0.25) is 5.91 Å². The lowest BCUT2D eigenvalue weighted by atomic mass is 10.0. The highest BCUT2D eigenvalue weighted by Crippen LogP contribution is 2.33. The van der Waals surface area contributed by atoms with E-state index in [1.54, 1.807) is 23.9 Å². The van der Waals surface area contributed by atoms with Crippen molar-refractivity contribution in [2.75, 3.05) is 12.3 Å². The van der Waals surface area contributed by atoms with Crippen molar-refractivity contribution in [2.45, 2.75) is 44.4 Å². The van der Waals surface area contributed by atoms with Crippen LogP contribution in [0.5, 0.6) is 0 Å². The van der Waals surface area contributed by atoms with Crippen molar-refractivity contribution in [3.63, 3.8) is 0 Å². The largest absolute Gasteiger partial charge is 0.335 e. The number of amides is 1. The Morgan fingerprint density at radius 1 is 1.35 bits per heavy atom. The average Bonchev–Trinajstić information content (AvgIpc) is 2.85. The number of halogens is 1. The summed E-state index contributed by atoms with van der Waals surface area (Å²) in [5, 5.41) is 0. The van der Waals surface area contributed by atoms with Crippen molar-refractivity contribution in [1.29, 1.82) is 0 Å². The molecule has 0 aromatic heterocycles. The maximum atomic E-state index is 13.0. The van der Waals surface area contributed by atoms with Gasteiger partial charge in [0.25, 0.3) is 0 Å². The summed E-state index contributed by atoms with van der Waals surface area (Å²) in [6.07, 6.45) is 1.99. The molecular formula is C16H22FNOS. The van der Waals surface area contributed by atoms with E-state index in [1.807, 2.05) is 4.90 Å². The minimum atomic E-state index is -0.229. The van der Waals surface area contributed by atoms with Crippen LogP contribution < -0.4 is 0 Å². The molecule has 1 unspecified atom stereocenters. The zero-order valence-electron chi connectivity index (χ0n) is 12.4. The monoisotopic (exact) mass is 295 g/mol. The number of benzene rings is 1. The zero-order valence-corrected chi connectivity index (χ0v) is 13.2. The molecule has 0 bridgehead atoms. The van der Waals surface area contributed by atoms with E-state index < -0.39 is 0 Å². The summed E-state index contributed by atoms with van der Waals surface area (Å²) < 4.78 is 13.1. The number of carbonyl (C=O) groups excluding carboxylic acids is 1. The van der Waals surface area contributed by atoms with Crippen LogP contribution in [0.4, 0.5) is 4.39 Å². The van der Waals surface area contributed by atoms with Crippen molar-refractivity contribution in [3.8, 4) is 0 Å². The van der Waals surface area contributed by atoms with Gasteiger partial charge in [-0.25, -0.2) is 4.39 Å². The lowest BCUT2D eigenvalue weighted by Crippen LogP contribution is -2.33. The molecule has 0 spiro atoms. The van der Waals surface area contributed by atoms with Gasteiger partial charge in [0.05, 0.1) is 11.8 Å². The highest BCUT2D eigenvalue weighted by atomic mass is 32.2. The standard InChI is InChI=1S/C16H22FNOS/c1-16(2,3)20-11-15(19)18-10-4-5-14(18)12-6-8-13(17)9-7-12/h6-9,14H,4-5,10-11H2,1-3H3. The Morgan fingerprint density at radius 2 is 2.00 bits per heavy atom. The van der Waals surface area contributed by atoms with Gasteiger partial charge in [0.15, 0.2) is 0 Å². The van der Waals surface area contributed by atoms with E-state index in [4.69, 9.17) is 0 Å². The molecule has 1 aromatic carbocycles.